The maximum Gasteiger partial charge on any atom is 0.260 e. The van der Waals surface area contributed by atoms with Crippen LogP contribution < -0.4 is 9.64 Å². The SMILES string of the molecule is O=C(COc1ccc(/C(=N/O)c2ccccc2)cc1)N1CCN(c2ccc(Cl)cc2)CC1. The number of rotatable bonds is 6. The molecule has 1 fully saturated rings. The van der Waals surface area contributed by atoms with E-state index in [-0.39, 0.29) is 12.5 Å². The first-order valence-electron chi connectivity index (χ1n) is 10.4. The van der Waals surface area contributed by atoms with Crippen LogP contribution in [0.25, 0.3) is 0 Å². The van der Waals surface area contributed by atoms with Crippen LogP contribution in [0.1, 0.15) is 11.1 Å². The molecule has 1 saturated heterocycles. The van der Waals surface area contributed by atoms with E-state index in [0.29, 0.717) is 29.6 Å². The highest BCUT2D eigenvalue weighted by molar-refractivity contribution is 6.30. The van der Waals surface area contributed by atoms with E-state index in [4.69, 9.17) is 16.3 Å². The molecule has 1 aliphatic heterocycles. The third kappa shape index (κ3) is 5.21. The molecule has 164 valence electrons. The minimum Gasteiger partial charge on any atom is -0.484 e. The standard InChI is InChI=1S/C25H24ClN3O3/c26-21-8-10-22(11-9-21)28-14-16-29(17-15-28)24(30)18-32-23-12-6-20(7-13-23)25(27-31)19-4-2-1-3-5-19/h1-13,31H,14-18H2/b27-25+. The van der Waals surface area contributed by atoms with E-state index in [9.17, 15) is 10.0 Å². The van der Waals surface area contributed by atoms with Gasteiger partial charge in [-0.25, -0.2) is 0 Å². The number of hydrogen-bond acceptors (Lipinski definition) is 5. The number of carbonyl (C=O) groups is 1. The van der Waals surface area contributed by atoms with Crippen LogP contribution in [0.4, 0.5) is 5.69 Å². The lowest BCUT2D eigenvalue weighted by molar-refractivity contribution is -0.133. The summed E-state index contributed by atoms with van der Waals surface area (Å²) in [5.41, 5.74) is 3.17. The Morgan fingerprint density at radius 3 is 2.12 bits per heavy atom. The molecule has 0 aromatic heterocycles. The number of carbonyl (C=O) groups excluding carboxylic acids is 1. The van der Waals surface area contributed by atoms with Crippen LogP contribution in [-0.4, -0.2) is 54.5 Å². The van der Waals surface area contributed by atoms with Crippen molar-refractivity contribution in [3.8, 4) is 5.75 Å². The summed E-state index contributed by atoms with van der Waals surface area (Å²) < 4.78 is 5.70. The van der Waals surface area contributed by atoms with Crippen molar-refractivity contribution < 1.29 is 14.7 Å². The van der Waals surface area contributed by atoms with Gasteiger partial charge in [0.05, 0.1) is 0 Å². The average Bonchev–Trinajstić information content (AvgIpc) is 2.85. The van der Waals surface area contributed by atoms with Gasteiger partial charge in [0.1, 0.15) is 11.5 Å². The molecule has 3 aromatic rings. The third-order valence-electron chi connectivity index (χ3n) is 5.46. The first-order chi connectivity index (χ1) is 15.6. The summed E-state index contributed by atoms with van der Waals surface area (Å²) in [5, 5.41) is 13.6. The quantitative estimate of drug-likeness (QED) is 0.346. The van der Waals surface area contributed by atoms with Crippen LogP contribution in [0.3, 0.4) is 0 Å². The zero-order valence-electron chi connectivity index (χ0n) is 17.5. The van der Waals surface area contributed by atoms with Gasteiger partial charge in [-0.3, -0.25) is 4.79 Å². The van der Waals surface area contributed by atoms with Gasteiger partial charge in [-0.1, -0.05) is 47.1 Å². The fourth-order valence-corrected chi connectivity index (χ4v) is 3.82. The van der Waals surface area contributed by atoms with Gasteiger partial charge in [-0.2, -0.15) is 0 Å². The molecule has 0 bridgehead atoms. The van der Waals surface area contributed by atoms with Crippen molar-refractivity contribution in [3.63, 3.8) is 0 Å². The summed E-state index contributed by atoms with van der Waals surface area (Å²) in [6.45, 7) is 2.82. The number of hydrogen-bond donors (Lipinski definition) is 1. The smallest absolute Gasteiger partial charge is 0.260 e. The van der Waals surface area contributed by atoms with Crippen LogP contribution in [-0.2, 0) is 4.79 Å². The van der Waals surface area contributed by atoms with Crippen LogP contribution in [0.5, 0.6) is 5.75 Å². The molecule has 6 nitrogen and oxygen atoms in total. The molecule has 7 heteroatoms. The van der Waals surface area contributed by atoms with E-state index < -0.39 is 0 Å². The van der Waals surface area contributed by atoms with Gasteiger partial charge < -0.3 is 19.7 Å². The van der Waals surface area contributed by atoms with Crippen LogP contribution in [0.15, 0.2) is 84.0 Å². The molecule has 32 heavy (non-hydrogen) atoms. The Hall–Kier alpha value is -3.51. The molecular weight excluding hydrogens is 426 g/mol. The number of anilines is 1. The molecule has 0 spiro atoms. The highest BCUT2D eigenvalue weighted by Gasteiger charge is 2.21. The van der Waals surface area contributed by atoms with Crippen LogP contribution in [0.2, 0.25) is 5.02 Å². The van der Waals surface area contributed by atoms with Crippen molar-refractivity contribution in [2.75, 3.05) is 37.7 Å². The molecule has 1 heterocycles. The van der Waals surface area contributed by atoms with Gasteiger partial charge >= 0.3 is 0 Å². The molecule has 0 aliphatic carbocycles. The lowest BCUT2D eigenvalue weighted by Gasteiger charge is -2.36. The monoisotopic (exact) mass is 449 g/mol. The summed E-state index contributed by atoms with van der Waals surface area (Å²) in [4.78, 5) is 16.6. The Bertz CT molecular complexity index is 1060. The first kappa shape index (κ1) is 21.7. The molecule has 0 atom stereocenters. The van der Waals surface area contributed by atoms with E-state index in [1.54, 1.807) is 12.1 Å². The van der Waals surface area contributed by atoms with Crippen molar-refractivity contribution in [3.05, 3.63) is 95.0 Å². The van der Waals surface area contributed by atoms with Gasteiger partial charge in [0.25, 0.3) is 5.91 Å². The Morgan fingerprint density at radius 2 is 1.50 bits per heavy atom. The molecular formula is C25H24ClN3O3. The number of oxime groups is 1. The average molecular weight is 450 g/mol. The van der Waals surface area contributed by atoms with E-state index in [2.05, 4.69) is 10.1 Å². The molecule has 0 unspecified atom stereocenters. The fourth-order valence-electron chi connectivity index (χ4n) is 3.69. The number of ether oxygens (including phenoxy) is 1. The zero-order valence-corrected chi connectivity index (χ0v) is 18.3. The second kappa shape index (κ2) is 10.2. The predicted octanol–water partition coefficient (Wildman–Crippen LogP) is 4.29. The maximum absolute atomic E-state index is 12.6. The maximum atomic E-state index is 12.6. The fraction of sp³-hybridized carbons (Fsp3) is 0.200. The third-order valence-corrected chi connectivity index (χ3v) is 5.71. The first-order valence-corrected chi connectivity index (χ1v) is 10.8. The largest absolute Gasteiger partial charge is 0.484 e. The Kier molecular flexibility index (Phi) is 6.92. The molecule has 0 radical (unpaired) electrons. The van der Waals surface area contributed by atoms with Crippen molar-refractivity contribution in [2.45, 2.75) is 0 Å². The second-order valence-corrected chi connectivity index (χ2v) is 7.91. The van der Waals surface area contributed by atoms with Gasteiger partial charge in [0.2, 0.25) is 0 Å². The molecule has 1 N–H and O–H groups in total. The van der Waals surface area contributed by atoms with E-state index in [0.717, 1.165) is 29.9 Å². The lowest BCUT2D eigenvalue weighted by Crippen LogP contribution is -2.50. The molecule has 0 saturated carbocycles. The van der Waals surface area contributed by atoms with Crippen molar-refractivity contribution >= 4 is 28.9 Å². The number of nitrogens with zero attached hydrogens (tertiary/aromatic N) is 3. The highest BCUT2D eigenvalue weighted by atomic mass is 35.5. The normalized spacial score (nSPS) is 14.3. The van der Waals surface area contributed by atoms with E-state index in [1.165, 1.54) is 0 Å². The highest BCUT2D eigenvalue weighted by Crippen LogP contribution is 2.20. The van der Waals surface area contributed by atoms with Gasteiger partial charge in [0.15, 0.2) is 6.61 Å². The number of benzene rings is 3. The van der Waals surface area contributed by atoms with Crippen LogP contribution >= 0.6 is 11.6 Å². The molecule has 3 aromatic carbocycles. The minimum absolute atomic E-state index is 0.0140. The zero-order chi connectivity index (χ0) is 22.3. The summed E-state index contributed by atoms with van der Waals surface area (Å²) in [6, 6.07) is 24.4. The van der Waals surface area contributed by atoms with Gasteiger partial charge in [-0.05, 0) is 48.5 Å². The molecule has 4 rings (SSSR count). The Balaban J connectivity index is 1.28. The predicted molar refractivity (Wildman–Crippen MR) is 126 cm³/mol. The second-order valence-electron chi connectivity index (χ2n) is 7.47. The topological polar surface area (TPSA) is 65.4 Å². The summed E-state index contributed by atoms with van der Waals surface area (Å²) >= 11 is 5.96. The Morgan fingerprint density at radius 1 is 0.875 bits per heavy atom. The molecule has 1 aliphatic rings. The lowest BCUT2D eigenvalue weighted by atomic mass is 10.0. The van der Waals surface area contributed by atoms with E-state index in [1.807, 2.05) is 71.6 Å². The number of halogens is 1. The number of amides is 1. The van der Waals surface area contributed by atoms with Crippen molar-refractivity contribution in [1.82, 2.24) is 4.90 Å². The Labute approximate surface area is 192 Å². The summed E-state index contributed by atoms with van der Waals surface area (Å²) in [5.74, 6) is 0.555. The minimum atomic E-state index is -0.0354. The van der Waals surface area contributed by atoms with Gasteiger partial charge in [-0.15, -0.1) is 0 Å². The van der Waals surface area contributed by atoms with Crippen LogP contribution in [0, 0.1) is 0 Å². The van der Waals surface area contributed by atoms with E-state index >= 15 is 0 Å². The summed E-state index contributed by atoms with van der Waals surface area (Å²) in [7, 11) is 0. The van der Waals surface area contributed by atoms with Crippen molar-refractivity contribution in [1.29, 1.82) is 0 Å². The molecule has 1 amide bonds. The van der Waals surface area contributed by atoms with Gasteiger partial charge in [0, 0.05) is 48.0 Å². The summed E-state index contributed by atoms with van der Waals surface area (Å²) in [6.07, 6.45) is 0. The number of piperazine rings is 1. The van der Waals surface area contributed by atoms with Crippen molar-refractivity contribution in [2.24, 2.45) is 5.16 Å².